The Morgan fingerprint density at radius 1 is 1.36 bits per heavy atom. The van der Waals surface area contributed by atoms with E-state index in [4.69, 9.17) is 9.15 Å². The number of aromatic nitrogens is 4. The van der Waals surface area contributed by atoms with Gasteiger partial charge >= 0.3 is 0 Å². The van der Waals surface area contributed by atoms with Crippen molar-refractivity contribution in [2.24, 2.45) is 0 Å². The van der Waals surface area contributed by atoms with Gasteiger partial charge < -0.3 is 14.5 Å². The molecule has 5 rings (SSSR count). The number of nitriles is 1. The smallest absolute Gasteiger partial charge is 0.181 e. The summed E-state index contributed by atoms with van der Waals surface area (Å²) in [5, 5.41) is 21.1. The maximum atomic E-state index is 9.26. The van der Waals surface area contributed by atoms with Gasteiger partial charge in [-0.05, 0) is 31.0 Å². The molecule has 0 fully saturated rings. The lowest BCUT2D eigenvalue weighted by atomic mass is 10.1. The zero-order valence-corrected chi connectivity index (χ0v) is 15.1. The highest BCUT2D eigenvalue weighted by molar-refractivity contribution is 5.93. The Morgan fingerprint density at radius 3 is 3.07 bits per heavy atom. The molecule has 28 heavy (non-hydrogen) atoms. The number of nitrogens with one attached hydrogen (secondary N) is 2. The van der Waals surface area contributed by atoms with Crippen molar-refractivity contribution in [3.63, 3.8) is 0 Å². The Balaban J connectivity index is 1.49. The molecule has 1 aromatic carbocycles. The SMILES string of the molecule is COc1c(C#N)cnc2c1CCC2Nc1ccc2[nH]nc(-c3cnco3)c2c1. The number of pyridine rings is 1. The van der Waals surface area contributed by atoms with Crippen molar-refractivity contribution in [2.45, 2.75) is 18.9 Å². The van der Waals surface area contributed by atoms with Crippen molar-refractivity contribution in [3.05, 3.63) is 53.8 Å². The molecule has 3 heterocycles. The van der Waals surface area contributed by atoms with E-state index in [1.165, 1.54) is 6.39 Å². The third kappa shape index (κ3) is 2.48. The number of H-pyrrole nitrogens is 1. The summed E-state index contributed by atoms with van der Waals surface area (Å²) in [5.41, 5.74) is 5.00. The second-order valence-corrected chi connectivity index (χ2v) is 6.61. The normalized spacial score (nSPS) is 15.4. The summed E-state index contributed by atoms with van der Waals surface area (Å²) in [4.78, 5) is 8.49. The van der Waals surface area contributed by atoms with Crippen LogP contribution < -0.4 is 10.1 Å². The molecule has 0 saturated carbocycles. The molecule has 0 amide bonds. The largest absolute Gasteiger partial charge is 0.495 e. The van der Waals surface area contributed by atoms with Crippen LogP contribution in [0.1, 0.15) is 29.3 Å². The predicted octanol–water partition coefficient (Wildman–Crippen LogP) is 3.59. The molecule has 1 unspecified atom stereocenters. The van der Waals surface area contributed by atoms with E-state index < -0.39 is 0 Å². The number of methoxy groups -OCH3 is 1. The highest BCUT2D eigenvalue weighted by Crippen LogP contribution is 2.39. The monoisotopic (exact) mass is 372 g/mol. The van der Waals surface area contributed by atoms with Gasteiger partial charge in [0.25, 0.3) is 0 Å². The summed E-state index contributed by atoms with van der Waals surface area (Å²) in [7, 11) is 1.59. The number of aromatic amines is 1. The van der Waals surface area contributed by atoms with Crippen LogP contribution in [0.2, 0.25) is 0 Å². The molecule has 0 bridgehead atoms. The van der Waals surface area contributed by atoms with Gasteiger partial charge in [-0.1, -0.05) is 0 Å². The van der Waals surface area contributed by atoms with Crippen molar-refractivity contribution in [1.82, 2.24) is 20.2 Å². The number of oxazole rings is 1. The summed E-state index contributed by atoms with van der Waals surface area (Å²) in [6, 6.07) is 8.22. The van der Waals surface area contributed by atoms with Crippen LogP contribution in [0.5, 0.6) is 5.75 Å². The summed E-state index contributed by atoms with van der Waals surface area (Å²) in [6.07, 6.45) is 6.31. The molecule has 8 heteroatoms. The minimum absolute atomic E-state index is 0.0507. The maximum Gasteiger partial charge on any atom is 0.181 e. The minimum Gasteiger partial charge on any atom is -0.495 e. The zero-order valence-electron chi connectivity index (χ0n) is 15.1. The van der Waals surface area contributed by atoms with Crippen LogP contribution in [0.4, 0.5) is 5.69 Å². The number of anilines is 1. The lowest BCUT2D eigenvalue weighted by Crippen LogP contribution is -2.09. The lowest BCUT2D eigenvalue weighted by Gasteiger charge is -2.15. The van der Waals surface area contributed by atoms with E-state index in [0.29, 0.717) is 17.1 Å². The molecule has 138 valence electrons. The van der Waals surface area contributed by atoms with E-state index in [2.05, 4.69) is 31.6 Å². The van der Waals surface area contributed by atoms with Gasteiger partial charge in [-0.25, -0.2) is 4.98 Å². The molecule has 4 aromatic rings. The van der Waals surface area contributed by atoms with Gasteiger partial charge in [0.1, 0.15) is 23.1 Å². The minimum atomic E-state index is 0.0507. The number of nitrogens with zero attached hydrogens (tertiary/aromatic N) is 4. The first-order valence-electron chi connectivity index (χ1n) is 8.88. The first-order valence-corrected chi connectivity index (χ1v) is 8.88. The highest BCUT2D eigenvalue weighted by atomic mass is 16.5. The van der Waals surface area contributed by atoms with E-state index in [1.807, 2.05) is 18.2 Å². The first-order chi connectivity index (χ1) is 13.8. The van der Waals surface area contributed by atoms with Crippen LogP contribution in [0.15, 0.2) is 41.4 Å². The number of rotatable bonds is 4. The molecule has 1 aliphatic rings. The number of hydrogen-bond acceptors (Lipinski definition) is 7. The molecule has 3 aromatic heterocycles. The first kappa shape index (κ1) is 16.3. The van der Waals surface area contributed by atoms with Crippen molar-refractivity contribution in [1.29, 1.82) is 5.26 Å². The molecule has 2 N–H and O–H groups in total. The predicted molar refractivity (Wildman–Crippen MR) is 102 cm³/mol. The summed E-state index contributed by atoms with van der Waals surface area (Å²) in [5.74, 6) is 1.25. The Kier molecular flexibility index (Phi) is 3.72. The van der Waals surface area contributed by atoms with Crippen molar-refractivity contribution in [3.8, 4) is 23.3 Å². The van der Waals surface area contributed by atoms with Crippen LogP contribution in [0.3, 0.4) is 0 Å². The van der Waals surface area contributed by atoms with E-state index in [1.54, 1.807) is 19.5 Å². The molecule has 0 spiro atoms. The second-order valence-electron chi connectivity index (χ2n) is 6.61. The molecule has 0 aliphatic heterocycles. The van der Waals surface area contributed by atoms with Gasteiger partial charge in [0, 0.05) is 22.8 Å². The zero-order chi connectivity index (χ0) is 19.1. The van der Waals surface area contributed by atoms with Gasteiger partial charge in [0.15, 0.2) is 12.2 Å². The van der Waals surface area contributed by atoms with E-state index in [-0.39, 0.29) is 6.04 Å². The number of fused-ring (bicyclic) bond motifs is 2. The molecule has 0 saturated heterocycles. The van der Waals surface area contributed by atoms with Crippen molar-refractivity contribution in [2.75, 3.05) is 12.4 Å². The summed E-state index contributed by atoms with van der Waals surface area (Å²) >= 11 is 0. The van der Waals surface area contributed by atoms with Gasteiger partial charge in [0.2, 0.25) is 0 Å². The van der Waals surface area contributed by atoms with E-state index in [0.717, 1.165) is 46.4 Å². The van der Waals surface area contributed by atoms with E-state index >= 15 is 0 Å². The quantitative estimate of drug-likeness (QED) is 0.563. The van der Waals surface area contributed by atoms with Crippen molar-refractivity contribution >= 4 is 16.6 Å². The number of hydrogen-bond donors (Lipinski definition) is 2. The fourth-order valence-corrected chi connectivity index (χ4v) is 3.80. The topological polar surface area (TPSA) is 113 Å². The van der Waals surface area contributed by atoms with Gasteiger partial charge in [-0.3, -0.25) is 10.1 Å². The molecule has 1 atom stereocenters. The van der Waals surface area contributed by atoms with Gasteiger partial charge in [0.05, 0.1) is 30.6 Å². The average molecular weight is 372 g/mol. The number of benzene rings is 1. The van der Waals surface area contributed by atoms with Crippen LogP contribution in [-0.4, -0.2) is 27.3 Å². The Morgan fingerprint density at radius 2 is 2.29 bits per heavy atom. The Bertz CT molecular complexity index is 1210. The standard InChI is InChI=1S/C20H16N6O2/c1-27-20-11(7-21)8-23-18-13(20)3-5-16(18)24-12-2-4-15-14(6-12)19(26-25-15)17-9-22-10-28-17/h2,4,6,8-10,16,24H,3,5H2,1H3,(H,25,26). The summed E-state index contributed by atoms with van der Waals surface area (Å²) in [6.45, 7) is 0. The van der Waals surface area contributed by atoms with Crippen LogP contribution in [0, 0.1) is 11.3 Å². The molecule has 1 aliphatic carbocycles. The van der Waals surface area contributed by atoms with Gasteiger partial charge in [-0.15, -0.1) is 0 Å². The Hall–Kier alpha value is -3.86. The average Bonchev–Trinajstić information content (AvgIpc) is 3.46. The molecular weight excluding hydrogens is 356 g/mol. The Labute approximate surface area is 160 Å². The van der Waals surface area contributed by atoms with Gasteiger partial charge in [-0.2, -0.15) is 10.4 Å². The van der Waals surface area contributed by atoms with Crippen LogP contribution in [0.25, 0.3) is 22.4 Å². The van der Waals surface area contributed by atoms with Crippen LogP contribution >= 0.6 is 0 Å². The third-order valence-electron chi connectivity index (χ3n) is 5.07. The molecule has 8 nitrogen and oxygen atoms in total. The van der Waals surface area contributed by atoms with E-state index in [9.17, 15) is 5.26 Å². The number of ether oxygens (including phenoxy) is 1. The third-order valence-corrected chi connectivity index (χ3v) is 5.07. The molecule has 0 radical (unpaired) electrons. The molecular formula is C20H16N6O2. The summed E-state index contributed by atoms with van der Waals surface area (Å²) < 4.78 is 10.9. The van der Waals surface area contributed by atoms with Crippen LogP contribution in [-0.2, 0) is 6.42 Å². The fourth-order valence-electron chi connectivity index (χ4n) is 3.80. The second kappa shape index (κ2) is 6.39. The fraction of sp³-hybridized carbons (Fsp3) is 0.200. The highest BCUT2D eigenvalue weighted by Gasteiger charge is 2.28. The lowest BCUT2D eigenvalue weighted by molar-refractivity contribution is 0.408. The maximum absolute atomic E-state index is 9.26. The van der Waals surface area contributed by atoms with Crippen molar-refractivity contribution < 1.29 is 9.15 Å².